The number of rotatable bonds is 4. The zero-order valence-electron chi connectivity index (χ0n) is 5.20. The Kier molecular flexibility index (Phi) is 4.77. The number of aliphatic carboxylic acids is 1. The van der Waals surface area contributed by atoms with Crippen LogP contribution in [-0.4, -0.2) is 37.2 Å². The van der Waals surface area contributed by atoms with E-state index in [1.165, 1.54) is 0 Å². The van der Waals surface area contributed by atoms with Gasteiger partial charge in [0.25, 0.3) is 0 Å². The van der Waals surface area contributed by atoms with Gasteiger partial charge in [-0.25, -0.2) is 0 Å². The van der Waals surface area contributed by atoms with Crippen LogP contribution in [0.1, 0.15) is 6.42 Å². The molecule has 0 spiro atoms. The molecule has 9 heavy (non-hydrogen) atoms. The molecule has 3 nitrogen and oxygen atoms in total. The second kappa shape index (κ2) is 4.79. The number of carboxylic acid groups (broad SMARTS) is 1. The van der Waals surface area contributed by atoms with Gasteiger partial charge in [-0.05, 0) is 0 Å². The van der Waals surface area contributed by atoms with Crippen molar-refractivity contribution < 1.29 is 15.0 Å². The van der Waals surface area contributed by atoms with Crippen LogP contribution in [0, 0.1) is 0 Å². The molecule has 0 saturated heterocycles. The Bertz CT molecular complexity index is 94.2. The maximum atomic E-state index is 9.96. The van der Waals surface area contributed by atoms with Crippen molar-refractivity contribution in [2.24, 2.45) is 0 Å². The SMILES string of the molecule is C[Se]CC[C@@H](O)C(=O)O. The summed E-state index contributed by atoms with van der Waals surface area (Å²) in [5.41, 5.74) is 0. The second-order valence-corrected chi connectivity index (χ2v) is 3.70. The summed E-state index contributed by atoms with van der Waals surface area (Å²) < 4.78 is 0. The van der Waals surface area contributed by atoms with Crippen molar-refractivity contribution in [3.05, 3.63) is 0 Å². The first kappa shape index (κ1) is 8.95. The third-order valence-electron chi connectivity index (χ3n) is 0.880. The molecule has 54 valence electrons. The molecule has 0 rings (SSSR count). The van der Waals surface area contributed by atoms with Crippen LogP contribution in [0.3, 0.4) is 0 Å². The number of carbonyl (C=O) groups is 1. The van der Waals surface area contributed by atoms with E-state index < -0.39 is 12.1 Å². The molecule has 0 aromatic carbocycles. The molecule has 0 unspecified atom stereocenters. The summed E-state index contributed by atoms with van der Waals surface area (Å²) in [7, 11) is 0. The molecule has 0 bridgehead atoms. The summed E-state index contributed by atoms with van der Waals surface area (Å²) >= 11 is 0.469. The van der Waals surface area contributed by atoms with Crippen LogP contribution in [0.2, 0.25) is 11.1 Å². The predicted molar refractivity (Wildman–Crippen MR) is 34.7 cm³/mol. The summed E-state index contributed by atoms with van der Waals surface area (Å²) in [6.07, 6.45) is -0.752. The molecule has 0 fully saturated rings. The summed E-state index contributed by atoms with van der Waals surface area (Å²) in [4.78, 5) is 9.96. The van der Waals surface area contributed by atoms with Crippen LogP contribution in [0.5, 0.6) is 0 Å². The maximum absolute atomic E-state index is 9.96. The van der Waals surface area contributed by atoms with Crippen molar-refractivity contribution >= 4 is 20.9 Å². The van der Waals surface area contributed by atoms with Crippen LogP contribution >= 0.6 is 0 Å². The van der Waals surface area contributed by atoms with Crippen molar-refractivity contribution in [1.82, 2.24) is 0 Å². The molecule has 0 aromatic rings. The predicted octanol–water partition coefficient (Wildman–Crippen LogP) is -0.00740. The Hall–Kier alpha value is -0.0505. The van der Waals surface area contributed by atoms with Gasteiger partial charge >= 0.3 is 59.6 Å². The van der Waals surface area contributed by atoms with E-state index in [1.807, 2.05) is 5.82 Å². The van der Waals surface area contributed by atoms with E-state index in [0.29, 0.717) is 21.4 Å². The fourth-order valence-corrected chi connectivity index (χ4v) is 1.32. The van der Waals surface area contributed by atoms with E-state index in [4.69, 9.17) is 10.2 Å². The number of aliphatic hydroxyl groups excluding tert-OH is 1. The molecule has 1 atom stereocenters. The third kappa shape index (κ3) is 4.45. The van der Waals surface area contributed by atoms with E-state index in [2.05, 4.69) is 0 Å². The molecule has 0 saturated carbocycles. The van der Waals surface area contributed by atoms with Gasteiger partial charge in [0, 0.05) is 0 Å². The number of hydrogen-bond acceptors (Lipinski definition) is 2. The Morgan fingerprint density at radius 1 is 1.78 bits per heavy atom. The van der Waals surface area contributed by atoms with Crippen molar-refractivity contribution in [2.45, 2.75) is 23.7 Å². The van der Waals surface area contributed by atoms with Gasteiger partial charge in [-0.1, -0.05) is 0 Å². The molecule has 0 aliphatic rings. The van der Waals surface area contributed by atoms with Gasteiger partial charge in [-0.15, -0.1) is 0 Å². The molecular weight excluding hydrogens is 187 g/mol. The zero-order valence-corrected chi connectivity index (χ0v) is 6.92. The zero-order chi connectivity index (χ0) is 7.28. The average Bonchev–Trinajstić information content (AvgIpc) is 1.82. The molecular formula is C5H10O3Se. The summed E-state index contributed by atoms with van der Waals surface area (Å²) in [6, 6.07) is 0. The Morgan fingerprint density at radius 2 is 2.33 bits per heavy atom. The molecule has 0 amide bonds. The van der Waals surface area contributed by atoms with Crippen LogP contribution < -0.4 is 0 Å². The van der Waals surface area contributed by atoms with E-state index in [0.717, 1.165) is 5.32 Å². The first-order valence-corrected chi connectivity index (χ1v) is 5.50. The molecule has 4 heteroatoms. The van der Waals surface area contributed by atoms with E-state index in [9.17, 15) is 4.79 Å². The fourth-order valence-electron chi connectivity index (χ4n) is 0.353. The van der Waals surface area contributed by atoms with Crippen molar-refractivity contribution in [2.75, 3.05) is 0 Å². The van der Waals surface area contributed by atoms with Crippen LogP contribution in [0.15, 0.2) is 0 Å². The standard InChI is InChI=1S/C5H10O3Se/c1-9-3-2-4(6)5(7)8/h4,6H,2-3H2,1H3,(H,7,8)/t4-/m1/s1. The summed E-state index contributed by atoms with van der Waals surface area (Å²) in [5, 5.41) is 17.7. The van der Waals surface area contributed by atoms with Crippen molar-refractivity contribution in [3.63, 3.8) is 0 Å². The van der Waals surface area contributed by atoms with Gasteiger partial charge in [0.15, 0.2) is 0 Å². The number of aliphatic hydroxyl groups is 1. The second-order valence-electron chi connectivity index (χ2n) is 1.64. The molecule has 0 aromatic heterocycles. The molecule has 0 radical (unpaired) electrons. The van der Waals surface area contributed by atoms with Crippen LogP contribution in [-0.2, 0) is 4.79 Å². The fraction of sp³-hybridized carbons (Fsp3) is 0.800. The van der Waals surface area contributed by atoms with Gasteiger partial charge in [0.05, 0.1) is 0 Å². The third-order valence-corrected chi connectivity index (χ3v) is 2.23. The minimum atomic E-state index is -1.15. The van der Waals surface area contributed by atoms with Gasteiger partial charge < -0.3 is 0 Å². The molecule has 0 heterocycles. The van der Waals surface area contributed by atoms with Gasteiger partial charge in [0.1, 0.15) is 0 Å². The molecule has 0 aliphatic carbocycles. The normalized spacial score (nSPS) is 13.1. The summed E-state index contributed by atoms with van der Waals surface area (Å²) in [6.45, 7) is 0. The minimum absolute atomic E-state index is 0.395. The van der Waals surface area contributed by atoms with Crippen LogP contribution in [0.4, 0.5) is 0 Å². The van der Waals surface area contributed by atoms with Crippen molar-refractivity contribution in [3.8, 4) is 0 Å². The number of hydrogen-bond donors (Lipinski definition) is 2. The molecule has 0 aliphatic heterocycles. The molecule has 2 N–H and O–H groups in total. The summed E-state index contributed by atoms with van der Waals surface area (Å²) in [5.74, 6) is 0.904. The number of carboxylic acids is 1. The van der Waals surface area contributed by atoms with E-state index in [1.54, 1.807) is 0 Å². The monoisotopic (exact) mass is 198 g/mol. The van der Waals surface area contributed by atoms with E-state index in [-0.39, 0.29) is 0 Å². The Morgan fingerprint density at radius 3 is 2.67 bits per heavy atom. The van der Waals surface area contributed by atoms with Gasteiger partial charge in [-0.3, -0.25) is 0 Å². The topological polar surface area (TPSA) is 57.5 Å². The first-order chi connectivity index (χ1) is 4.18. The Balaban J connectivity index is 3.27. The quantitative estimate of drug-likeness (QED) is 0.623. The van der Waals surface area contributed by atoms with Gasteiger partial charge in [-0.2, -0.15) is 0 Å². The first-order valence-electron chi connectivity index (χ1n) is 2.58. The average molecular weight is 197 g/mol. The van der Waals surface area contributed by atoms with Crippen LogP contribution in [0.25, 0.3) is 0 Å². The van der Waals surface area contributed by atoms with Crippen molar-refractivity contribution in [1.29, 1.82) is 0 Å². The van der Waals surface area contributed by atoms with Gasteiger partial charge in [0.2, 0.25) is 0 Å². The Labute approximate surface area is 60.2 Å². The van der Waals surface area contributed by atoms with E-state index >= 15 is 0 Å².